The summed E-state index contributed by atoms with van der Waals surface area (Å²) in [6, 6.07) is 11.5. The first-order valence-electron chi connectivity index (χ1n) is 6.12. The summed E-state index contributed by atoms with van der Waals surface area (Å²) >= 11 is 0. The highest BCUT2D eigenvalue weighted by Crippen LogP contribution is 2.24. The largest absolute Gasteiger partial charge is 0.314 e. The summed E-state index contributed by atoms with van der Waals surface area (Å²) < 4.78 is 0. The Bertz CT molecular complexity index is 281. The van der Waals surface area contributed by atoms with Crippen molar-refractivity contribution in [1.29, 1.82) is 0 Å². The molecule has 1 aromatic rings. The molecule has 0 heterocycles. The second kappa shape index (κ2) is 5.32. The van der Waals surface area contributed by atoms with E-state index in [0.717, 1.165) is 24.9 Å². The van der Waals surface area contributed by atoms with Gasteiger partial charge >= 0.3 is 0 Å². The van der Waals surface area contributed by atoms with Gasteiger partial charge in [-0.15, -0.1) is 0 Å². The van der Waals surface area contributed by atoms with E-state index < -0.39 is 0 Å². The highest BCUT2D eigenvalue weighted by Gasteiger charge is 2.19. The van der Waals surface area contributed by atoms with E-state index in [1.165, 1.54) is 24.8 Å². The molecule has 1 heteroatoms. The Morgan fingerprint density at radius 2 is 2.00 bits per heavy atom. The van der Waals surface area contributed by atoms with Gasteiger partial charge < -0.3 is 5.32 Å². The Balaban J connectivity index is 1.67. The van der Waals surface area contributed by atoms with Crippen LogP contribution in [-0.4, -0.2) is 12.6 Å². The lowest BCUT2D eigenvalue weighted by Crippen LogP contribution is -2.28. The van der Waals surface area contributed by atoms with Gasteiger partial charge in [-0.1, -0.05) is 37.3 Å². The number of benzene rings is 1. The van der Waals surface area contributed by atoms with Crippen LogP contribution in [0.3, 0.4) is 0 Å². The zero-order valence-electron chi connectivity index (χ0n) is 9.58. The molecule has 0 radical (unpaired) electrons. The molecule has 1 fully saturated rings. The van der Waals surface area contributed by atoms with Crippen LogP contribution in [0.15, 0.2) is 30.3 Å². The molecule has 15 heavy (non-hydrogen) atoms. The van der Waals surface area contributed by atoms with E-state index in [4.69, 9.17) is 0 Å². The Labute approximate surface area is 92.9 Å². The summed E-state index contributed by atoms with van der Waals surface area (Å²) in [5.74, 6) is 0.930. The monoisotopic (exact) mass is 203 g/mol. The van der Waals surface area contributed by atoms with Gasteiger partial charge in [0.1, 0.15) is 0 Å². The molecule has 1 aliphatic carbocycles. The summed E-state index contributed by atoms with van der Waals surface area (Å²) in [7, 11) is 0. The second-order valence-electron chi connectivity index (χ2n) is 4.80. The van der Waals surface area contributed by atoms with Crippen molar-refractivity contribution in [1.82, 2.24) is 5.32 Å². The summed E-state index contributed by atoms with van der Waals surface area (Å²) in [4.78, 5) is 0. The molecule has 1 saturated carbocycles. The van der Waals surface area contributed by atoms with Crippen molar-refractivity contribution in [3.8, 4) is 0 Å². The minimum Gasteiger partial charge on any atom is -0.314 e. The molecule has 1 aliphatic rings. The van der Waals surface area contributed by atoms with Crippen LogP contribution < -0.4 is 5.32 Å². The van der Waals surface area contributed by atoms with Gasteiger partial charge in [0.05, 0.1) is 0 Å². The fraction of sp³-hybridized carbons (Fsp3) is 0.571. The van der Waals surface area contributed by atoms with Crippen molar-refractivity contribution in [3.63, 3.8) is 0 Å². The molecule has 0 bridgehead atoms. The highest BCUT2D eigenvalue weighted by molar-refractivity contribution is 5.14. The van der Waals surface area contributed by atoms with Gasteiger partial charge in [0.2, 0.25) is 0 Å². The number of hydrogen-bond acceptors (Lipinski definition) is 1. The van der Waals surface area contributed by atoms with E-state index in [1.807, 2.05) is 0 Å². The van der Waals surface area contributed by atoms with E-state index in [-0.39, 0.29) is 0 Å². The lowest BCUT2D eigenvalue weighted by molar-refractivity contribution is 0.506. The number of rotatable bonds is 4. The number of nitrogens with one attached hydrogen (secondary N) is 1. The van der Waals surface area contributed by atoms with Gasteiger partial charge in [0, 0.05) is 6.04 Å². The van der Waals surface area contributed by atoms with Crippen molar-refractivity contribution in [2.45, 2.75) is 38.6 Å². The van der Waals surface area contributed by atoms with Crippen molar-refractivity contribution < 1.29 is 0 Å². The molecule has 0 aliphatic heterocycles. The smallest absolute Gasteiger partial charge is 0.00698 e. The van der Waals surface area contributed by atoms with Crippen molar-refractivity contribution in [3.05, 3.63) is 35.9 Å². The van der Waals surface area contributed by atoms with Crippen LogP contribution in [0.1, 0.15) is 31.7 Å². The lowest BCUT2D eigenvalue weighted by Gasteiger charge is -2.11. The van der Waals surface area contributed by atoms with Gasteiger partial charge in [-0.3, -0.25) is 0 Å². The van der Waals surface area contributed by atoms with Crippen molar-refractivity contribution in [2.75, 3.05) is 6.54 Å². The predicted octanol–water partition coefficient (Wildman–Crippen LogP) is 3.01. The SMILES string of the molecule is C[C@@H]1CC[C@@H](NCCc2ccccc2)C1. The maximum absolute atomic E-state index is 3.66. The fourth-order valence-corrected chi connectivity index (χ4v) is 2.46. The average molecular weight is 203 g/mol. The van der Waals surface area contributed by atoms with Crippen molar-refractivity contribution in [2.24, 2.45) is 5.92 Å². The summed E-state index contributed by atoms with van der Waals surface area (Å²) in [5.41, 5.74) is 1.44. The summed E-state index contributed by atoms with van der Waals surface area (Å²) in [5, 5.41) is 3.66. The van der Waals surface area contributed by atoms with Crippen LogP contribution in [0, 0.1) is 5.92 Å². The number of hydrogen-bond donors (Lipinski definition) is 1. The molecule has 2 atom stereocenters. The summed E-state index contributed by atoms with van der Waals surface area (Å²) in [6.07, 6.45) is 5.31. The fourth-order valence-electron chi connectivity index (χ4n) is 2.46. The first-order chi connectivity index (χ1) is 7.34. The highest BCUT2D eigenvalue weighted by atomic mass is 14.9. The molecule has 2 rings (SSSR count). The standard InChI is InChI=1S/C14H21N/c1-12-7-8-14(11-12)15-10-9-13-5-3-2-4-6-13/h2-6,12,14-15H,7-11H2,1H3/t12-,14-/m1/s1. The molecule has 1 N–H and O–H groups in total. The van der Waals surface area contributed by atoms with Crippen LogP contribution in [0.2, 0.25) is 0 Å². The van der Waals surface area contributed by atoms with E-state index >= 15 is 0 Å². The van der Waals surface area contributed by atoms with Gasteiger partial charge in [-0.2, -0.15) is 0 Å². The second-order valence-corrected chi connectivity index (χ2v) is 4.80. The predicted molar refractivity (Wildman–Crippen MR) is 65.0 cm³/mol. The third kappa shape index (κ3) is 3.35. The Kier molecular flexibility index (Phi) is 3.79. The van der Waals surface area contributed by atoms with Crippen LogP contribution in [0.5, 0.6) is 0 Å². The van der Waals surface area contributed by atoms with E-state index in [2.05, 4.69) is 42.6 Å². The van der Waals surface area contributed by atoms with Crippen LogP contribution >= 0.6 is 0 Å². The molecule has 1 nitrogen and oxygen atoms in total. The van der Waals surface area contributed by atoms with E-state index in [0.29, 0.717) is 0 Å². The maximum atomic E-state index is 3.66. The molecule has 0 spiro atoms. The van der Waals surface area contributed by atoms with Gasteiger partial charge in [0.15, 0.2) is 0 Å². The molecule has 0 amide bonds. The third-order valence-electron chi connectivity index (χ3n) is 3.38. The van der Waals surface area contributed by atoms with Gasteiger partial charge in [0.25, 0.3) is 0 Å². The first kappa shape index (κ1) is 10.7. The van der Waals surface area contributed by atoms with Crippen LogP contribution in [0.25, 0.3) is 0 Å². The minimum absolute atomic E-state index is 0.781. The molecule has 0 unspecified atom stereocenters. The molecule has 82 valence electrons. The normalized spacial score (nSPS) is 25.7. The maximum Gasteiger partial charge on any atom is 0.00698 e. The Hall–Kier alpha value is -0.820. The van der Waals surface area contributed by atoms with Crippen LogP contribution in [-0.2, 0) is 6.42 Å². The molecular weight excluding hydrogens is 182 g/mol. The minimum atomic E-state index is 0.781. The van der Waals surface area contributed by atoms with Gasteiger partial charge in [-0.25, -0.2) is 0 Å². The average Bonchev–Trinajstić information content (AvgIpc) is 2.66. The Morgan fingerprint density at radius 1 is 1.20 bits per heavy atom. The molecule has 0 saturated heterocycles. The molecule has 0 aromatic heterocycles. The van der Waals surface area contributed by atoms with E-state index in [9.17, 15) is 0 Å². The van der Waals surface area contributed by atoms with Crippen LogP contribution in [0.4, 0.5) is 0 Å². The third-order valence-corrected chi connectivity index (χ3v) is 3.38. The van der Waals surface area contributed by atoms with Gasteiger partial charge in [-0.05, 0) is 43.7 Å². The lowest BCUT2D eigenvalue weighted by atomic mass is 10.1. The van der Waals surface area contributed by atoms with E-state index in [1.54, 1.807) is 0 Å². The van der Waals surface area contributed by atoms with Crippen molar-refractivity contribution >= 4 is 0 Å². The first-order valence-corrected chi connectivity index (χ1v) is 6.12. The quantitative estimate of drug-likeness (QED) is 0.793. The zero-order valence-corrected chi connectivity index (χ0v) is 9.58. The molecular formula is C14H21N. The molecule has 1 aromatic carbocycles. The Morgan fingerprint density at radius 3 is 2.67 bits per heavy atom. The topological polar surface area (TPSA) is 12.0 Å². The summed E-state index contributed by atoms with van der Waals surface area (Å²) in [6.45, 7) is 3.49. The zero-order chi connectivity index (χ0) is 10.5.